The van der Waals surface area contributed by atoms with Gasteiger partial charge in [0, 0.05) is 26.1 Å². The molecule has 1 unspecified atom stereocenters. The van der Waals surface area contributed by atoms with Crippen molar-refractivity contribution < 1.29 is 0 Å². The fraction of sp³-hybridized carbons (Fsp3) is 0.167. The Balaban J connectivity index is 2.17. The zero-order valence-electron chi connectivity index (χ0n) is 8.71. The van der Waals surface area contributed by atoms with Crippen LogP contribution in [0, 0.1) is 0 Å². The molecule has 1 aromatic heterocycles. The fourth-order valence-corrected chi connectivity index (χ4v) is 3.51. The van der Waals surface area contributed by atoms with E-state index in [2.05, 4.69) is 79.1 Å². The molecule has 16 heavy (non-hydrogen) atoms. The van der Waals surface area contributed by atoms with E-state index < -0.39 is 0 Å². The molecule has 0 radical (unpaired) electrons. The zero-order valence-corrected chi connectivity index (χ0v) is 12.7. The van der Waals surface area contributed by atoms with E-state index in [0.717, 1.165) is 8.95 Å². The average molecular weight is 361 g/mol. The molecular weight excluding hydrogens is 350 g/mol. The Morgan fingerprint density at radius 2 is 2.06 bits per heavy atom. The van der Waals surface area contributed by atoms with Crippen LogP contribution in [-0.4, -0.2) is 0 Å². The van der Waals surface area contributed by atoms with E-state index in [1.807, 2.05) is 0 Å². The minimum atomic E-state index is 0.289. The average Bonchev–Trinajstić information content (AvgIpc) is 2.70. The molecular formula is C12H11Br2NS. The molecule has 84 valence electrons. The van der Waals surface area contributed by atoms with Crippen LogP contribution in [0.2, 0.25) is 0 Å². The predicted molar refractivity (Wildman–Crippen MR) is 78.2 cm³/mol. The van der Waals surface area contributed by atoms with Gasteiger partial charge in [-0.1, -0.05) is 37.9 Å². The standard InChI is InChI=1S/C12H11Br2NS/c1-8(15-10-4-5-16-7-10)11-3-2-9(13)6-12(11)14/h2-8,15H,1H3. The summed E-state index contributed by atoms with van der Waals surface area (Å²) in [6, 6.07) is 8.64. The Hall–Kier alpha value is -0.320. The topological polar surface area (TPSA) is 12.0 Å². The van der Waals surface area contributed by atoms with E-state index in [1.54, 1.807) is 11.3 Å². The number of hydrogen-bond acceptors (Lipinski definition) is 2. The molecule has 0 saturated heterocycles. The highest BCUT2D eigenvalue weighted by atomic mass is 79.9. The molecule has 4 heteroatoms. The van der Waals surface area contributed by atoms with Gasteiger partial charge in [-0.25, -0.2) is 0 Å². The molecule has 1 heterocycles. The van der Waals surface area contributed by atoms with Gasteiger partial charge >= 0.3 is 0 Å². The summed E-state index contributed by atoms with van der Waals surface area (Å²) in [4.78, 5) is 0. The summed E-state index contributed by atoms with van der Waals surface area (Å²) in [6.07, 6.45) is 0. The van der Waals surface area contributed by atoms with Crippen molar-refractivity contribution in [2.24, 2.45) is 0 Å². The van der Waals surface area contributed by atoms with E-state index in [9.17, 15) is 0 Å². The normalized spacial score (nSPS) is 12.4. The van der Waals surface area contributed by atoms with Crippen LogP contribution >= 0.6 is 43.2 Å². The molecule has 0 bridgehead atoms. The molecule has 1 nitrogen and oxygen atoms in total. The number of anilines is 1. The van der Waals surface area contributed by atoms with Gasteiger partial charge in [-0.15, -0.1) is 0 Å². The monoisotopic (exact) mass is 359 g/mol. The van der Waals surface area contributed by atoms with E-state index >= 15 is 0 Å². The third kappa shape index (κ3) is 2.87. The molecule has 0 fully saturated rings. The Kier molecular flexibility index (Phi) is 4.05. The first-order chi connectivity index (χ1) is 7.66. The minimum Gasteiger partial charge on any atom is -0.378 e. The van der Waals surface area contributed by atoms with Gasteiger partial charge in [0.25, 0.3) is 0 Å². The van der Waals surface area contributed by atoms with Gasteiger partial charge < -0.3 is 5.32 Å². The van der Waals surface area contributed by atoms with Crippen molar-refractivity contribution in [3.05, 3.63) is 49.5 Å². The van der Waals surface area contributed by atoms with E-state index in [1.165, 1.54) is 11.3 Å². The summed E-state index contributed by atoms with van der Waals surface area (Å²) in [7, 11) is 0. The number of benzene rings is 1. The van der Waals surface area contributed by atoms with Crippen molar-refractivity contribution in [3.8, 4) is 0 Å². The first kappa shape index (κ1) is 12.1. The SMILES string of the molecule is CC(Nc1ccsc1)c1ccc(Br)cc1Br. The second kappa shape index (κ2) is 5.34. The summed E-state index contributed by atoms with van der Waals surface area (Å²) in [5.74, 6) is 0. The molecule has 0 amide bonds. The largest absolute Gasteiger partial charge is 0.378 e. The van der Waals surface area contributed by atoms with Crippen LogP contribution < -0.4 is 5.32 Å². The molecule has 2 aromatic rings. The summed E-state index contributed by atoms with van der Waals surface area (Å²) in [5.41, 5.74) is 2.43. The summed E-state index contributed by atoms with van der Waals surface area (Å²) in [5, 5.41) is 7.65. The third-order valence-electron chi connectivity index (χ3n) is 2.33. The number of thiophene rings is 1. The van der Waals surface area contributed by atoms with Gasteiger partial charge in [-0.2, -0.15) is 11.3 Å². The number of halogens is 2. The second-order valence-electron chi connectivity index (χ2n) is 3.54. The van der Waals surface area contributed by atoms with Gasteiger partial charge in [-0.3, -0.25) is 0 Å². The molecule has 1 atom stereocenters. The summed E-state index contributed by atoms with van der Waals surface area (Å²) < 4.78 is 2.21. The Morgan fingerprint density at radius 1 is 1.25 bits per heavy atom. The molecule has 1 aromatic carbocycles. The van der Waals surface area contributed by atoms with Crippen molar-refractivity contribution in [2.75, 3.05) is 5.32 Å². The molecule has 2 rings (SSSR count). The highest BCUT2D eigenvalue weighted by Crippen LogP contribution is 2.29. The molecule has 0 aliphatic rings. The number of nitrogens with one attached hydrogen (secondary N) is 1. The van der Waals surface area contributed by atoms with Crippen LogP contribution in [0.1, 0.15) is 18.5 Å². The van der Waals surface area contributed by atoms with Gasteiger partial charge in [0.1, 0.15) is 0 Å². The summed E-state index contributed by atoms with van der Waals surface area (Å²) >= 11 is 8.74. The fourth-order valence-electron chi connectivity index (χ4n) is 1.53. The minimum absolute atomic E-state index is 0.289. The number of hydrogen-bond donors (Lipinski definition) is 1. The lowest BCUT2D eigenvalue weighted by molar-refractivity contribution is 0.879. The van der Waals surface area contributed by atoms with Crippen LogP contribution in [0.15, 0.2) is 44.0 Å². The van der Waals surface area contributed by atoms with Crippen molar-refractivity contribution in [2.45, 2.75) is 13.0 Å². The van der Waals surface area contributed by atoms with Gasteiger partial charge in [0.05, 0.1) is 0 Å². The molecule has 0 spiro atoms. The van der Waals surface area contributed by atoms with Crippen LogP contribution in [0.3, 0.4) is 0 Å². The number of rotatable bonds is 3. The quantitative estimate of drug-likeness (QED) is 0.767. The maximum atomic E-state index is 3.58. The molecule has 0 aliphatic carbocycles. The van der Waals surface area contributed by atoms with Crippen LogP contribution in [-0.2, 0) is 0 Å². The first-order valence-electron chi connectivity index (χ1n) is 4.90. The van der Waals surface area contributed by atoms with Crippen molar-refractivity contribution in [1.82, 2.24) is 0 Å². The van der Waals surface area contributed by atoms with Gasteiger partial charge in [-0.05, 0) is 36.1 Å². The Labute approximate surface area is 116 Å². The lowest BCUT2D eigenvalue weighted by Crippen LogP contribution is -2.06. The lowest BCUT2D eigenvalue weighted by Gasteiger charge is -2.16. The second-order valence-corrected chi connectivity index (χ2v) is 6.09. The Bertz CT molecular complexity index is 468. The summed E-state index contributed by atoms with van der Waals surface area (Å²) in [6.45, 7) is 2.16. The van der Waals surface area contributed by atoms with Gasteiger partial charge in [0.2, 0.25) is 0 Å². The van der Waals surface area contributed by atoms with Crippen molar-refractivity contribution in [3.63, 3.8) is 0 Å². The van der Waals surface area contributed by atoms with E-state index in [-0.39, 0.29) is 6.04 Å². The van der Waals surface area contributed by atoms with Crippen molar-refractivity contribution >= 4 is 48.9 Å². The van der Waals surface area contributed by atoms with Crippen LogP contribution in [0.5, 0.6) is 0 Å². The smallest absolute Gasteiger partial charge is 0.0497 e. The highest BCUT2D eigenvalue weighted by molar-refractivity contribution is 9.11. The maximum Gasteiger partial charge on any atom is 0.0497 e. The van der Waals surface area contributed by atoms with E-state index in [4.69, 9.17) is 0 Å². The third-order valence-corrected chi connectivity index (χ3v) is 4.20. The highest BCUT2D eigenvalue weighted by Gasteiger charge is 2.09. The molecule has 1 N–H and O–H groups in total. The maximum absolute atomic E-state index is 3.58. The van der Waals surface area contributed by atoms with Crippen molar-refractivity contribution in [1.29, 1.82) is 0 Å². The lowest BCUT2D eigenvalue weighted by atomic mass is 10.1. The van der Waals surface area contributed by atoms with Crippen LogP contribution in [0.4, 0.5) is 5.69 Å². The first-order valence-corrected chi connectivity index (χ1v) is 7.43. The van der Waals surface area contributed by atoms with E-state index in [0.29, 0.717) is 0 Å². The van der Waals surface area contributed by atoms with Gasteiger partial charge in [0.15, 0.2) is 0 Å². The Morgan fingerprint density at radius 3 is 2.69 bits per heavy atom. The molecule has 0 aliphatic heterocycles. The zero-order chi connectivity index (χ0) is 11.5. The van der Waals surface area contributed by atoms with Crippen LogP contribution in [0.25, 0.3) is 0 Å². The predicted octanol–water partition coefficient (Wildman–Crippen LogP) is 5.45. The molecule has 0 saturated carbocycles.